The molecule has 2 aromatic rings. The summed E-state index contributed by atoms with van der Waals surface area (Å²) in [6.45, 7) is 5.81. The number of H-pyrrole nitrogens is 1. The van der Waals surface area contributed by atoms with E-state index >= 15 is 0 Å². The van der Waals surface area contributed by atoms with Crippen molar-refractivity contribution >= 4 is 16.8 Å². The van der Waals surface area contributed by atoms with Gasteiger partial charge in [-0.25, -0.2) is 0 Å². The maximum atomic E-state index is 13.5. The molecular weight excluding hydrogens is 408 g/mol. The van der Waals surface area contributed by atoms with Crippen molar-refractivity contribution in [1.29, 1.82) is 0 Å². The van der Waals surface area contributed by atoms with Crippen LogP contribution in [0, 0.1) is 0 Å². The number of aromatic amines is 1. The van der Waals surface area contributed by atoms with Crippen molar-refractivity contribution in [2.24, 2.45) is 0 Å². The molecule has 5 rings (SSSR count). The second-order valence-electron chi connectivity index (χ2n) is 9.52. The topological polar surface area (TPSA) is 81.3 Å². The maximum absolute atomic E-state index is 13.5. The minimum Gasteiger partial charge on any atom is -0.497 e. The Hall–Kier alpha value is -2.13. The Bertz CT molecular complexity index is 976. The van der Waals surface area contributed by atoms with Crippen molar-refractivity contribution in [3.8, 4) is 5.75 Å². The Morgan fingerprint density at radius 1 is 1.25 bits per heavy atom. The van der Waals surface area contributed by atoms with Gasteiger partial charge in [-0.3, -0.25) is 9.69 Å². The zero-order valence-electron chi connectivity index (χ0n) is 19.1. The van der Waals surface area contributed by atoms with E-state index in [0.29, 0.717) is 26.3 Å². The zero-order valence-corrected chi connectivity index (χ0v) is 19.1. The highest BCUT2D eigenvalue weighted by atomic mass is 16.5. The lowest BCUT2D eigenvalue weighted by Gasteiger charge is -2.50. The fourth-order valence-corrected chi connectivity index (χ4v) is 5.76. The van der Waals surface area contributed by atoms with E-state index in [-0.39, 0.29) is 24.0 Å². The zero-order chi connectivity index (χ0) is 22.3. The lowest BCUT2D eigenvalue weighted by atomic mass is 9.68. The van der Waals surface area contributed by atoms with Crippen molar-refractivity contribution in [2.45, 2.75) is 24.3 Å². The van der Waals surface area contributed by atoms with Gasteiger partial charge in [-0.15, -0.1) is 0 Å². The largest absolute Gasteiger partial charge is 0.497 e. The van der Waals surface area contributed by atoms with Crippen LogP contribution in [0.2, 0.25) is 0 Å². The summed E-state index contributed by atoms with van der Waals surface area (Å²) in [6.07, 6.45) is 1.99. The van der Waals surface area contributed by atoms with E-state index < -0.39 is 0 Å². The summed E-state index contributed by atoms with van der Waals surface area (Å²) >= 11 is 0. The van der Waals surface area contributed by atoms with Crippen LogP contribution < -0.4 is 4.74 Å². The number of carbonyl (C=O) groups is 1. The molecule has 0 aliphatic carbocycles. The highest BCUT2D eigenvalue weighted by Crippen LogP contribution is 2.49. The second-order valence-corrected chi connectivity index (χ2v) is 9.52. The average Bonchev–Trinajstić information content (AvgIpc) is 3.21. The van der Waals surface area contributed by atoms with Crippen molar-refractivity contribution < 1.29 is 19.4 Å². The normalized spacial score (nSPS) is 24.1. The predicted octanol–water partition coefficient (Wildman–Crippen LogP) is 1.35. The molecule has 0 radical (unpaired) electrons. The first-order valence-electron chi connectivity index (χ1n) is 11.6. The van der Waals surface area contributed by atoms with Gasteiger partial charge in [0.05, 0.1) is 39.5 Å². The van der Waals surface area contributed by atoms with Gasteiger partial charge in [-0.1, -0.05) is 0 Å². The van der Waals surface area contributed by atoms with E-state index in [2.05, 4.69) is 27.9 Å². The van der Waals surface area contributed by atoms with E-state index in [0.717, 1.165) is 56.0 Å². The van der Waals surface area contributed by atoms with Gasteiger partial charge in [0, 0.05) is 47.7 Å². The van der Waals surface area contributed by atoms with E-state index in [4.69, 9.17) is 9.47 Å². The predicted molar refractivity (Wildman–Crippen MR) is 122 cm³/mol. The fraction of sp³-hybridized carbons (Fsp3) is 0.625. The van der Waals surface area contributed by atoms with E-state index in [9.17, 15) is 9.90 Å². The number of methoxy groups -OCH3 is 1. The number of aromatic nitrogens is 1. The summed E-state index contributed by atoms with van der Waals surface area (Å²) in [5.74, 6) is 0.889. The molecule has 0 bridgehead atoms. The number of aliphatic hydroxyl groups excluding tert-OH is 1. The number of morpholine rings is 1. The van der Waals surface area contributed by atoms with E-state index in [1.54, 1.807) is 7.11 Å². The maximum Gasteiger partial charge on any atom is 0.237 e. The Kier molecular flexibility index (Phi) is 5.88. The first-order valence-corrected chi connectivity index (χ1v) is 11.6. The molecule has 2 N–H and O–H groups in total. The van der Waals surface area contributed by atoms with Gasteiger partial charge in [0.1, 0.15) is 5.75 Å². The van der Waals surface area contributed by atoms with Gasteiger partial charge in [0.15, 0.2) is 0 Å². The third-order valence-corrected chi connectivity index (χ3v) is 7.65. The number of hydrogen-bond acceptors (Lipinski definition) is 6. The van der Waals surface area contributed by atoms with Crippen molar-refractivity contribution in [2.75, 3.05) is 73.2 Å². The van der Waals surface area contributed by atoms with Crippen molar-refractivity contribution in [1.82, 2.24) is 19.7 Å². The average molecular weight is 443 g/mol. The third-order valence-electron chi connectivity index (χ3n) is 7.65. The number of benzene rings is 1. The molecule has 1 spiro atoms. The lowest BCUT2D eigenvalue weighted by molar-refractivity contribution is -0.139. The molecule has 2 saturated heterocycles. The van der Waals surface area contributed by atoms with Gasteiger partial charge < -0.3 is 29.4 Å². The summed E-state index contributed by atoms with van der Waals surface area (Å²) < 4.78 is 10.9. The molecule has 0 unspecified atom stereocenters. The van der Waals surface area contributed by atoms with Crippen molar-refractivity contribution in [3.05, 3.63) is 29.5 Å². The quantitative estimate of drug-likeness (QED) is 0.744. The minimum absolute atomic E-state index is 0.0890. The Morgan fingerprint density at radius 3 is 2.69 bits per heavy atom. The Balaban J connectivity index is 1.56. The summed E-state index contributed by atoms with van der Waals surface area (Å²) in [4.78, 5) is 23.6. The summed E-state index contributed by atoms with van der Waals surface area (Å²) in [7, 11) is 3.83. The van der Waals surface area contributed by atoms with Crippen molar-refractivity contribution in [3.63, 3.8) is 0 Å². The molecule has 4 heterocycles. The minimum atomic E-state index is -0.359. The first kappa shape index (κ1) is 21.7. The van der Waals surface area contributed by atoms with Crippen LogP contribution in [0.1, 0.15) is 30.1 Å². The summed E-state index contributed by atoms with van der Waals surface area (Å²) in [5, 5.41) is 11.6. The van der Waals surface area contributed by atoms with Gasteiger partial charge in [-0.05, 0) is 50.7 Å². The number of nitrogens with one attached hydrogen (secondary N) is 1. The molecular formula is C24H34N4O4. The van der Waals surface area contributed by atoms with Gasteiger partial charge >= 0.3 is 0 Å². The monoisotopic (exact) mass is 442 g/mol. The van der Waals surface area contributed by atoms with Crippen LogP contribution in [-0.2, 0) is 14.9 Å². The highest BCUT2D eigenvalue weighted by molar-refractivity contribution is 5.89. The van der Waals surface area contributed by atoms with Crippen LogP contribution >= 0.6 is 0 Å². The standard InChI is InChI=1S/C24H34N4O4/c1-26-7-5-24(6-8-26)16-28(21(30)14-27-9-11-32-12-10-27)20(15-29)23-22(24)18-4-3-17(31-2)13-19(18)25-23/h3-4,13,20,25,29H,5-12,14-16H2,1-2H3/t20-/m0/s1. The van der Waals surface area contributed by atoms with Crippen LogP contribution in [0.25, 0.3) is 10.9 Å². The number of rotatable bonds is 4. The van der Waals surface area contributed by atoms with Gasteiger partial charge in [0.25, 0.3) is 0 Å². The van der Waals surface area contributed by atoms with Crippen LogP contribution in [0.5, 0.6) is 5.75 Å². The number of carbonyl (C=O) groups excluding carboxylic acids is 1. The number of ether oxygens (including phenoxy) is 2. The van der Waals surface area contributed by atoms with Crippen LogP contribution in [0.15, 0.2) is 18.2 Å². The molecule has 1 amide bonds. The molecule has 3 aliphatic rings. The molecule has 1 aromatic carbocycles. The SMILES string of the molecule is COc1ccc2c3c([nH]c2c1)[C@H](CO)N(C(=O)CN1CCOCC1)CC31CCN(C)CC1. The van der Waals surface area contributed by atoms with Crippen LogP contribution in [-0.4, -0.2) is 104 Å². The van der Waals surface area contributed by atoms with Gasteiger partial charge in [0.2, 0.25) is 5.91 Å². The molecule has 1 aromatic heterocycles. The molecule has 3 aliphatic heterocycles. The Morgan fingerprint density at radius 2 is 2.00 bits per heavy atom. The summed E-state index contributed by atoms with van der Waals surface area (Å²) in [6, 6.07) is 5.79. The highest BCUT2D eigenvalue weighted by Gasteiger charge is 2.48. The van der Waals surface area contributed by atoms with Crippen LogP contribution in [0.3, 0.4) is 0 Å². The molecule has 8 nitrogen and oxygen atoms in total. The smallest absolute Gasteiger partial charge is 0.237 e. The number of fused-ring (bicyclic) bond motifs is 4. The molecule has 174 valence electrons. The third kappa shape index (κ3) is 3.69. The number of hydrogen-bond donors (Lipinski definition) is 2. The van der Waals surface area contributed by atoms with E-state index in [1.807, 2.05) is 17.0 Å². The van der Waals surface area contributed by atoms with Crippen LogP contribution in [0.4, 0.5) is 0 Å². The first-order chi connectivity index (χ1) is 15.5. The number of aliphatic hydroxyl groups is 1. The second kappa shape index (κ2) is 8.67. The number of amides is 1. The summed E-state index contributed by atoms with van der Waals surface area (Å²) in [5.41, 5.74) is 3.18. The molecule has 0 saturated carbocycles. The lowest BCUT2D eigenvalue weighted by Crippen LogP contribution is -2.56. The number of piperidine rings is 1. The number of nitrogens with zero attached hydrogens (tertiary/aromatic N) is 3. The van der Waals surface area contributed by atoms with Gasteiger partial charge in [-0.2, -0.15) is 0 Å². The molecule has 1 atom stereocenters. The molecule has 32 heavy (non-hydrogen) atoms. The molecule has 2 fully saturated rings. The number of likely N-dealkylation sites (tertiary alicyclic amines) is 1. The fourth-order valence-electron chi connectivity index (χ4n) is 5.76. The Labute approximate surface area is 189 Å². The van der Waals surface area contributed by atoms with E-state index in [1.165, 1.54) is 10.9 Å². The molecule has 8 heteroatoms.